The number of aromatic nitrogens is 1. The second-order valence-electron chi connectivity index (χ2n) is 4.43. The van der Waals surface area contributed by atoms with E-state index in [4.69, 9.17) is 5.73 Å². The third kappa shape index (κ3) is 3.20. The molecule has 1 atom stereocenters. The fourth-order valence-corrected chi connectivity index (χ4v) is 1.81. The highest BCUT2D eigenvalue weighted by atomic mass is 16.2. The number of hydrogen-bond acceptors (Lipinski definition) is 3. The number of benzene rings is 1. The Morgan fingerprint density at radius 2 is 1.95 bits per heavy atom. The van der Waals surface area contributed by atoms with Crippen molar-refractivity contribution >= 4 is 11.8 Å². The Bertz CT molecular complexity index is 626. The van der Waals surface area contributed by atoms with Crippen LogP contribution in [0.2, 0.25) is 0 Å². The molecule has 0 saturated carbocycles. The minimum Gasteiger partial charge on any atom is -0.366 e. The molecule has 0 aliphatic carbocycles. The molecule has 1 heterocycles. The monoisotopic (exact) mass is 269 g/mol. The van der Waals surface area contributed by atoms with Crippen LogP contribution in [0.4, 0.5) is 0 Å². The van der Waals surface area contributed by atoms with Crippen molar-refractivity contribution in [1.29, 1.82) is 0 Å². The summed E-state index contributed by atoms with van der Waals surface area (Å²) in [6.07, 6.45) is 3.37. The van der Waals surface area contributed by atoms with Gasteiger partial charge in [-0.15, -0.1) is 0 Å². The standard InChI is InChI=1S/C15H15N3O2/c1-10(13-6-3-7-17-9-13)18-15(20)12-5-2-4-11(8-12)14(16)19/h2-10H,1H3,(H2,16,19)(H,18,20). The van der Waals surface area contributed by atoms with Gasteiger partial charge in [0.2, 0.25) is 5.91 Å². The third-order valence-corrected chi connectivity index (χ3v) is 2.94. The Morgan fingerprint density at radius 3 is 2.60 bits per heavy atom. The Hall–Kier alpha value is -2.69. The first kappa shape index (κ1) is 13.7. The summed E-state index contributed by atoms with van der Waals surface area (Å²) in [5.74, 6) is -0.815. The van der Waals surface area contributed by atoms with Crippen LogP contribution >= 0.6 is 0 Å². The number of rotatable bonds is 4. The van der Waals surface area contributed by atoms with E-state index in [0.717, 1.165) is 5.56 Å². The van der Waals surface area contributed by atoms with Gasteiger partial charge in [0, 0.05) is 23.5 Å². The molecule has 20 heavy (non-hydrogen) atoms. The van der Waals surface area contributed by atoms with Gasteiger partial charge < -0.3 is 11.1 Å². The van der Waals surface area contributed by atoms with E-state index in [2.05, 4.69) is 10.3 Å². The molecule has 5 heteroatoms. The van der Waals surface area contributed by atoms with E-state index in [9.17, 15) is 9.59 Å². The quantitative estimate of drug-likeness (QED) is 0.885. The lowest BCUT2D eigenvalue weighted by molar-refractivity contribution is 0.0940. The zero-order chi connectivity index (χ0) is 14.5. The van der Waals surface area contributed by atoms with Gasteiger partial charge in [0.05, 0.1) is 6.04 Å². The average Bonchev–Trinajstić information content (AvgIpc) is 2.48. The van der Waals surface area contributed by atoms with Crippen LogP contribution in [0.1, 0.15) is 39.2 Å². The fourth-order valence-electron chi connectivity index (χ4n) is 1.81. The Labute approximate surface area is 116 Å². The number of primary amides is 1. The van der Waals surface area contributed by atoms with Crippen LogP contribution in [0.5, 0.6) is 0 Å². The second kappa shape index (κ2) is 5.97. The first-order valence-corrected chi connectivity index (χ1v) is 6.18. The molecule has 0 spiro atoms. The van der Waals surface area contributed by atoms with Crippen LogP contribution < -0.4 is 11.1 Å². The van der Waals surface area contributed by atoms with Crippen LogP contribution in [-0.2, 0) is 0 Å². The van der Waals surface area contributed by atoms with Crippen LogP contribution in [0.15, 0.2) is 48.8 Å². The molecule has 0 bridgehead atoms. The van der Waals surface area contributed by atoms with Crippen LogP contribution in [0.3, 0.4) is 0 Å². The molecule has 1 aromatic heterocycles. The highest BCUT2D eigenvalue weighted by Gasteiger charge is 2.12. The maximum Gasteiger partial charge on any atom is 0.251 e. The van der Waals surface area contributed by atoms with Gasteiger partial charge in [-0.25, -0.2) is 0 Å². The lowest BCUT2D eigenvalue weighted by atomic mass is 10.1. The van der Waals surface area contributed by atoms with Gasteiger partial charge in [-0.3, -0.25) is 14.6 Å². The molecule has 0 aliphatic heterocycles. The minimum absolute atomic E-state index is 0.173. The highest BCUT2D eigenvalue weighted by Crippen LogP contribution is 2.12. The zero-order valence-corrected chi connectivity index (χ0v) is 11.0. The van der Waals surface area contributed by atoms with E-state index >= 15 is 0 Å². The molecule has 0 aliphatic rings. The summed E-state index contributed by atoms with van der Waals surface area (Å²) in [4.78, 5) is 27.2. The number of hydrogen-bond donors (Lipinski definition) is 2. The zero-order valence-electron chi connectivity index (χ0n) is 11.0. The van der Waals surface area contributed by atoms with Gasteiger partial charge in [-0.05, 0) is 36.8 Å². The predicted molar refractivity (Wildman–Crippen MR) is 75.1 cm³/mol. The van der Waals surface area contributed by atoms with E-state index in [1.165, 1.54) is 6.07 Å². The number of nitrogens with two attached hydrogens (primary N) is 1. The van der Waals surface area contributed by atoms with Crippen molar-refractivity contribution in [2.75, 3.05) is 0 Å². The number of carbonyl (C=O) groups is 2. The van der Waals surface area contributed by atoms with Crippen molar-refractivity contribution in [3.05, 3.63) is 65.5 Å². The van der Waals surface area contributed by atoms with Crippen molar-refractivity contribution in [2.45, 2.75) is 13.0 Å². The molecule has 2 rings (SSSR count). The molecule has 0 radical (unpaired) electrons. The molecule has 2 aromatic rings. The van der Waals surface area contributed by atoms with Crippen LogP contribution in [0, 0.1) is 0 Å². The molecule has 0 fully saturated rings. The summed E-state index contributed by atoms with van der Waals surface area (Å²) in [5, 5.41) is 2.85. The topological polar surface area (TPSA) is 85.1 Å². The summed E-state index contributed by atoms with van der Waals surface area (Å²) in [6.45, 7) is 1.87. The first-order chi connectivity index (χ1) is 9.58. The SMILES string of the molecule is CC(NC(=O)c1cccc(C(N)=O)c1)c1cccnc1. The normalized spacial score (nSPS) is 11.7. The van der Waals surface area contributed by atoms with E-state index in [1.807, 2.05) is 19.1 Å². The molecular formula is C15H15N3O2. The Kier molecular flexibility index (Phi) is 4.10. The van der Waals surface area contributed by atoms with Crippen molar-refractivity contribution in [2.24, 2.45) is 5.73 Å². The molecular weight excluding hydrogens is 254 g/mol. The van der Waals surface area contributed by atoms with E-state index in [0.29, 0.717) is 11.1 Å². The van der Waals surface area contributed by atoms with E-state index in [-0.39, 0.29) is 11.9 Å². The smallest absolute Gasteiger partial charge is 0.251 e. The van der Waals surface area contributed by atoms with E-state index in [1.54, 1.807) is 30.6 Å². The van der Waals surface area contributed by atoms with Gasteiger partial charge >= 0.3 is 0 Å². The summed E-state index contributed by atoms with van der Waals surface area (Å²) in [5.41, 5.74) is 6.82. The molecule has 5 nitrogen and oxygen atoms in total. The molecule has 2 amide bonds. The Balaban J connectivity index is 2.12. The van der Waals surface area contributed by atoms with Gasteiger partial charge in [-0.2, -0.15) is 0 Å². The maximum absolute atomic E-state index is 12.1. The largest absolute Gasteiger partial charge is 0.366 e. The number of pyridine rings is 1. The van der Waals surface area contributed by atoms with Crippen molar-refractivity contribution in [1.82, 2.24) is 10.3 Å². The average molecular weight is 269 g/mol. The van der Waals surface area contributed by atoms with Crippen molar-refractivity contribution in [3.8, 4) is 0 Å². The minimum atomic E-state index is -0.556. The molecule has 102 valence electrons. The summed E-state index contributed by atoms with van der Waals surface area (Å²) >= 11 is 0. The predicted octanol–water partition coefficient (Wildman–Crippen LogP) is 1.67. The van der Waals surface area contributed by atoms with Gasteiger partial charge in [0.1, 0.15) is 0 Å². The number of nitrogens with zero attached hydrogens (tertiary/aromatic N) is 1. The number of nitrogens with one attached hydrogen (secondary N) is 1. The Morgan fingerprint density at radius 1 is 1.20 bits per heavy atom. The first-order valence-electron chi connectivity index (χ1n) is 6.18. The van der Waals surface area contributed by atoms with Gasteiger partial charge in [0.25, 0.3) is 5.91 Å². The summed E-state index contributed by atoms with van der Waals surface area (Å²) in [7, 11) is 0. The molecule has 0 saturated heterocycles. The third-order valence-electron chi connectivity index (χ3n) is 2.94. The van der Waals surface area contributed by atoms with Gasteiger partial charge in [0.15, 0.2) is 0 Å². The lowest BCUT2D eigenvalue weighted by Gasteiger charge is -2.14. The maximum atomic E-state index is 12.1. The van der Waals surface area contributed by atoms with E-state index < -0.39 is 5.91 Å². The number of carbonyl (C=O) groups excluding carboxylic acids is 2. The van der Waals surface area contributed by atoms with Crippen molar-refractivity contribution in [3.63, 3.8) is 0 Å². The highest BCUT2D eigenvalue weighted by molar-refractivity contribution is 5.99. The van der Waals surface area contributed by atoms with Crippen LogP contribution in [-0.4, -0.2) is 16.8 Å². The second-order valence-corrected chi connectivity index (χ2v) is 4.43. The summed E-state index contributed by atoms with van der Waals surface area (Å²) in [6, 6.07) is 9.84. The lowest BCUT2D eigenvalue weighted by Crippen LogP contribution is -2.27. The summed E-state index contributed by atoms with van der Waals surface area (Å²) < 4.78 is 0. The van der Waals surface area contributed by atoms with Crippen molar-refractivity contribution < 1.29 is 9.59 Å². The molecule has 1 unspecified atom stereocenters. The van der Waals surface area contributed by atoms with Gasteiger partial charge in [-0.1, -0.05) is 12.1 Å². The van der Waals surface area contributed by atoms with Crippen LogP contribution in [0.25, 0.3) is 0 Å². The molecule has 3 N–H and O–H groups in total. The fraction of sp³-hybridized carbons (Fsp3) is 0.133. The molecule has 1 aromatic carbocycles. The number of amides is 2.